The molecule has 3 aromatic rings. The van der Waals surface area contributed by atoms with E-state index in [4.69, 9.17) is 14.2 Å². The molecule has 2 N–H and O–H groups in total. The Labute approximate surface area is 202 Å². The van der Waals surface area contributed by atoms with Crippen molar-refractivity contribution in [3.05, 3.63) is 83.4 Å². The number of anilines is 1. The highest BCUT2D eigenvalue weighted by Crippen LogP contribution is 2.28. The van der Waals surface area contributed by atoms with E-state index < -0.39 is 17.8 Å². The SMILES string of the molecule is CCOc1ccc(C(=O)Oc2ccc(/C=N\NC(=O)C(=O)Nc3ccc(C)cc3)cc2OC)cc1. The van der Waals surface area contributed by atoms with Crippen LogP contribution in [0.1, 0.15) is 28.4 Å². The number of carbonyl (C=O) groups excluding carboxylic acids is 3. The molecule has 3 rings (SSSR count). The number of ether oxygens (including phenoxy) is 3. The van der Waals surface area contributed by atoms with Gasteiger partial charge in [-0.1, -0.05) is 17.7 Å². The van der Waals surface area contributed by atoms with Crippen LogP contribution < -0.4 is 25.0 Å². The van der Waals surface area contributed by atoms with Crippen LogP contribution in [0.4, 0.5) is 5.69 Å². The van der Waals surface area contributed by atoms with Crippen molar-refractivity contribution >= 4 is 29.7 Å². The van der Waals surface area contributed by atoms with Gasteiger partial charge in [0, 0.05) is 5.69 Å². The number of esters is 1. The number of hydrogen-bond acceptors (Lipinski definition) is 7. The van der Waals surface area contributed by atoms with Crippen LogP contribution >= 0.6 is 0 Å². The Balaban J connectivity index is 1.58. The van der Waals surface area contributed by atoms with E-state index in [9.17, 15) is 14.4 Å². The quantitative estimate of drug-likeness (QED) is 0.169. The number of hydrogen-bond donors (Lipinski definition) is 2. The second kappa shape index (κ2) is 12.0. The molecule has 9 heteroatoms. The van der Waals surface area contributed by atoms with Gasteiger partial charge < -0.3 is 19.5 Å². The lowest BCUT2D eigenvalue weighted by molar-refractivity contribution is -0.136. The van der Waals surface area contributed by atoms with Gasteiger partial charge in [-0.25, -0.2) is 10.2 Å². The fourth-order valence-corrected chi connectivity index (χ4v) is 2.90. The first kappa shape index (κ1) is 25.0. The van der Waals surface area contributed by atoms with E-state index in [0.29, 0.717) is 29.2 Å². The molecule has 0 aromatic heterocycles. The Morgan fingerprint density at radius 2 is 1.63 bits per heavy atom. The highest BCUT2D eigenvalue weighted by molar-refractivity contribution is 6.39. The number of aryl methyl sites for hydroxylation is 1. The lowest BCUT2D eigenvalue weighted by atomic mass is 10.2. The first-order chi connectivity index (χ1) is 16.9. The first-order valence-corrected chi connectivity index (χ1v) is 10.7. The van der Waals surface area contributed by atoms with Gasteiger partial charge in [0.25, 0.3) is 0 Å². The maximum Gasteiger partial charge on any atom is 0.343 e. The minimum absolute atomic E-state index is 0.213. The van der Waals surface area contributed by atoms with Gasteiger partial charge in [0.05, 0.1) is 25.5 Å². The number of nitrogens with zero attached hydrogens (tertiary/aromatic N) is 1. The van der Waals surface area contributed by atoms with Crippen molar-refractivity contribution in [3.63, 3.8) is 0 Å². The summed E-state index contributed by atoms with van der Waals surface area (Å²) in [5.74, 6) is -1.17. The molecule has 0 saturated carbocycles. The van der Waals surface area contributed by atoms with Crippen molar-refractivity contribution in [2.75, 3.05) is 19.0 Å². The molecule has 35 heavy (non-hydrogen) atoms. The zero-order valence-corrected chi connectivity index (χ0v) is 19.5. The van der Waals surface area contributed by atoms with Crippen molar-refractivity contribution in [1.29, 1.82) is 0 Å². The van der Waals surface area contributed by atoms with Crippen LogP contribution in [0.2, 0.25) is 0 Å². The van der Waals surface area contributed by atoms with Crippen LogP contribution in [-0.2, 0) is 9.59 Å². The molecule has 0 aliphatic rings. The minimum atomic E-state index is -0.922. The zero-order valence-electron chi connectivity index (χ0n) is 19.5. The molecular formula is C26H25N3O6. The van der Waals surface area contributed by atoms with Gasteiger partial charge in [-0.05, 0) is 74.0 Å². The molecule has 0 saturated heterocycles. The summed E-state index contributed by atoms with van der Waals surface area (Å²) in [6, 6.07) is 18.3. The predicted molar refractivity (Wildman–Crippen MR) is 131 cm³/mol. The summed E-state index contributed by atoms with van der Waals surface area (Å²) >= 11 is 0. The molecule has 0 atom stereocenters. The number of nitrogens with one attached hydrogen (secondary N) is 2. The molecule has 0 spiro atoms. The summed E-state index contributed by atoms with van der Waals surface area (Å²) in [5, 5.41) is 6.28. The normalized spacial score (nSPS) is 10.5. The Bertz CT molecular complexity index is 1220. The summed E-state index contributed by atoms with van der Waals surface area (Å²) < 4.78 is 16.1. The second-order valence-electron chi connectivity index (χ2n) is 7.28. The van der Waals surface area contributed by atoms with Gasteiger partial charge in [-0.15, -0.1) is 0 Å². The maximum absolute atomic E-state index is 12.5. The number of methoxy groups -OCH3 is 1. The Kier molecular flexibility index (Phi) is 8.55. The maximum atomic E-state index is 12.5. The van der Waals surface area contributed by atoms with Crippen molar-refractivity contribution < 1.29 is 28.6 Å². The Hall–Kier alpha value is -4.66. The molecule has 0 radical (unpaired) electrons. The predicted octanol–water partition coefficient (Wildman–Crippen LogP) is 3.71. The van der Waals surface area contributed by atoms with Crippen LogP contribution in [0.3, 0.4) is 0 Å². The topological polar surface area (TPSA) is 115 Å². The molecule has 0 bridgehead atoms. The smallest absolute Gasteiger partial charge is 0.343 e. The summed E-state index contributed by atoms with van der Waals surface area (Å²) in [7, 11) is 1.43. The highest BCUT2D eigenvalue weighted by Gasteiger charge is 2.14. The van der Waals surface area contributed by atoms with E-state index in [-0.39, 0.29) is 11.5 Å². The Morgan fingerprint density at radius 3 is 2.29 bits per heavy atom. The summed E-state index contributed by atoms with van der Waals surface area (Å²) in [5.41, 5.74) is 4.59. The van der Waals surface area contributed by atoms with Crippen LogP contribution in [0.5, 0.6) is 17.2 Å². The number of carbonyl (C=O) groups is 3. The van der Waals surface area contributed by atoms with Crippen LogP contribution in [0.15, 0.2) is 71.8 Å². The van der Waals surface area contributed by atoms with Gasteiger partial charge in [0.15, 0.2) is 11.5 Å². The van der Waals surface area contributed by atoms with Gasteiger partial charge >= 0.3 is 17.8 Å². The number of hydrazone groups is 1. The van der Waals surface area contributed by atoms with Crippen molar-refractivity contribution in [2.45, 2.75) is 13.8 Å². The van der Waals surface area contributed by atoms with E-state index in [1.165, 1.54) is 13.3 Å². The minimum Gasteiger partial charge on any atom is -0.494 e. The lowest BCUT2D eigenvalue weighted by Crippen LogP contribution is -2.32. The molecule has 3 aromatic carbocycles. The van der Waals surface area contributed by atoms with E-state index in [2.05, 4.69) is 15.8 Å². The summed E-state index contributed by atoms with van der Waals surface area (Å²) in [6.07, 6.45) is 1.33. The van der Waals surface area contributed by atoms with Crippen LogP contribution in [0, 0.1) is 6.92 Å². The summed E-state index contributed by atoms with van der Waals surface area (Å²) in [4.78, 5) is 36.4. The molecule has 180 valence electrons. The van der Waals surface area contributed by atoms with Gasteiger partial charge in [-0.2, -0.15) is 5.10 Å². The van der Waals surface area contributed by atoms with E-state index in [1.807, 2.05) is 26.0 Å². The van der Waals surface area contributed by atoms with Crippen molar-refractivity contribution in [1.82, 2.24) is 5.43 Å². The number of amides is 2. The summed E-state index contributed by atoms with van der Waals surface area (Å²) in [6.45, 7) is 4.32. The standard InChI is InChI=1S/C26H25N3O6/c1-4-34-21-12-8-19(9-13-21)26(32)35-22-14-7-18(15-23(22)33-3)16-27-29-25(31)24(30)28-20-10-5-17(2)6-11-20/h5-16H,4H2,1-3H3,(H,28,30)(H,29,31)/b27-16-. The first-order valence-electron chi connectivity index (χ1n) is 10.7. The molecule has 2 amide bonds. The molecule has 0 heterocycles. The second-order valence-corrected chi connectivity index (χ2v) is 7.28. The monoisotopic (exact) mass is 475 g/mol. The van der Waals surface area contributed by atoms with Crippen LogP contribution in [-0.4, -0.2) is 37.7 Å². The third-order valence-corrected chi connectivity index (χ3v) is 4.69. The van der Waals surface area contributed by atoms with Crippen molar-refractivity contribution in [2.24, 2.45) is 5.10 Å². The third-order valence-electron chi connectivity index (χ3n) is 4.69. The zero-order chi connectivity index (χ0) is 25.2. The third kappa shape index (κ3) is 7.16. The molecule has 9 nitrogen and oxygen atoms in total. The largest absolute Gasteiger partial charge is 0.494 e. The molecule has 0 aliphatic heterocycles. The van der Waals surface area contributed by atoms with Gasteiger partial charge in [0.2, 0.25) is 0 Å². The average Bonchev–Trinajstić information content (AvgIpc) is 2.86. The fraction of sp³-hybridized carbons (Fsp3) is 0.154. The number of benzene rings is 3. The fourth-order valence-electron chi connectivity index (χ4n) is 2.90. The van der Waals surface area contributed by atoms with Gasteiger partial charge in [-0.3, -0.25) is 9.59 Å². The van der Waals surface area contributed by atoms with E-state index in [1.54, 1.807) is 54.6 Å². The molecule has 0 fully saturated rings. The average molecular weight is 476 g/mol. The highest BCUT2D eigenvalue weighted by atomic mass is 16.6. The van der Waals surface area contributed by atoms with E-state index >= 15 is 0 Å². The number of rotatable bonds is 8. The Morgan fingerprint density at radius 1 is 0.914 bits per heavy atom. The molecule has 0 unspecified atom stereocenters. The van der Waals surface area contributed by atoms with Crippen molar-refractivity contribution in [3.8, 4) is 17.2 Å². The lowest BCUT2D eigenvalue weighted by Gasteiger charge is -2.10. The molecule has 0 aliphatic carbocycles. The van der Waals surface area contributed by atoms with Gasteiger partial charge in [0.1, 0.15) is 5.75 Å². The van der Waals surface area contributed by atoms with Crippen LogP contribution in [0.25, 0.3) is 0 Å². The van der Waals surface area contributed by atoms with E-state index in [0.717, 1.165) is 5.56 Å². The molecular weight excluding hydrogens is 450 g/mol.